The van der Waals surface area contributed by atoms with E-state index in [0.717, 1.165) is 25.7 Å². The van der Waals surface area contributed by atoms with Crippen LogP contribution in [0.15, 0.2) is 0 Å². The lowest BCUT2D eigenvalue weighted by Crippen LogP contribution is -2.54. The number of hydrogen-bond donors (Lipinski definition) is 4. The average molecular weight is 285 g/mol. The van der Waals surface area contributed by atoms with E-state index in [1.165, 1.54) is 0 Å². The van der Waals surface area contributed by atoms with Crippen molar-refractivity contribution in [3.63, 3.8) is 0 Å². The number of carboxylic acid groups (broad SMARTS) is 1. The molecule has 0 aromatic rings. The maximum atomic E-state index is 11.9. The largest absolute Gasteiger partial charge is 0.481 e. The van der Waals surface area contributed by atoms with Crippen LogP contribution in [0.3, 0.4) is 0 Å². The topological polar surface area (TPSA) is 104 Å². The van der Waals surface area contributed by atoms with E-state index in [4.69, 9.17) is 5.73 Å². The van der Waals surface area contributed by atoms with Gasteiger partial charge in [-0.15, -0.1) is 0 Å². The van der Waals surface area contributed by atoms with Gasteiger partial charge in [0.25, 0.3) is 0 Å². The molecule has 0 saturated heterocycles. The minimum atomic E-state index is -0.883. The molecule has 5 N–H and O–H groups in total. The summed E-state index contributed by atoms with van der Waals surface area (Å²) in [7, 11) is 0. The fourth-order valence-electron chi connectivity index (χ4n) is 2.69. The molecular formula is C14H27N3O3. The zero-order valence-corrected chi connectivity index (χ0v) is 12.4. The van der Waals surface area contributed by atoms with Crippen LogP contribution in [0, 0.1) is 5.41 Å². The van der Waals surface area contributed by atoms with Gasteiger partial charge in [0, 0.05) is 18.6 Å². The molecule has 2 unspecified atom stereocenters. The number of rotatable bonds is 6. The first-order valence-electron chi connectivity index (χ1n) is 7.48. The van der Waals surface area contributed by atoms with Crippen molar-refractivity contribution in [1.82, 2.24) is 10.6 Å². The van der Waals surface area contributed by atoms with Gasteiger partial charge in [-0.25, -0.2) is 4.79 Å². The van der Waals surface area contributed by atoms with E-state index in [1.807, 2.05) is 13.8 Å². The van der Waals surface area contributed by atoms with Crippen LogP contribution >= 0.6 is 0 Å². The molecule has 1 fully saturated rings. The van der Waals surface area contributed by atoms with Gasteiger partial charge >= 0.3 is 12.0 Å². The maximum Gasteiger partial charge on any atom is 0.315 e. The fraction of sp³-hybridized carbons (Fsp3) is 0.857. The molecule has 1 saturated carbocycles. The predicted octanol–water partition coefficient (Wildman–Crippen LogP) is 1.45. The van der Waals surface area contributed by atoms with Gasteiger partial charge in [-0.3, -0.25) is 4.79 Å². The Bertz CT molecular complexity index is 343. The average Bonchev–Trinajstić information content (AvgIpc) is 2.43. The summed E-state index contributed by atoms with van der Waals surface area (Å²) in [5, 5.41) is 14.9. The van der Waals surface area contributed by atoms with Crippen LogP contribution in [0.2, 0.25) is 0 Å². The Morgan fingerprint density at radius 1 is 1.25 bits per heavy atom. The number of carbonyl (C=O) groups is 2. The zero-order valence-electron chi connectivity index (χ0n) is 12.4. The van der Waals surface area contributed by atoms with Gasteiger partial charge in [0.1, 0.15) is 0 Å². The number of urea groups is 1. The lowest BCUT2D eigenvalue weighted by Gasteiger charge is -2.31. The smallest absolute Gasteiger partial charge is 0.315 e. The van der Waals surface area contributed by atoms with E-state index in [9.17, 15) is 14.7 Å². The van der Waals surface area contributed by atoms with Crippen molar-refractivity contribution in [1.29, 1.82) is 0 Å². The fourth-order valence-corrected chi connectivity index (χ4v) is 2.69. The normalized spacial score (nSPS) is 23.1. The lowest BCUT2D eigenvalue weighted by atomic mass is 9.82. The number of aliphatic carboxylic acids is 1. The molecule has 0 bridgehead atoms. The van der Waals surface area contributed by atoms with Crippen molar-refractivity contribution >= 4 is 12.0 Å². The van der Waals surface area contributed by atoms with Gasteiger partial charge in [-0.05, 0) is 25.7 Å². The highest BCUT2D eigenvalue weighted by Gasteiger charge is 2.35. The van der Waals surface area contributed by atoms with Gasteiger partial charge in [0.2, 0.25) is 0 Å². The number of carboxylic acids is 1. The van der Waals surface area contributed by atoms with Crippen LogP contribution in [-0.2, 0) is 4.79 Å². The number of nitrogens with two attached hydrogens (primary N) is 1. The lowest BCUT2D eigenvalue weighted by molar-refractivity contribution is -0.149. The first-order chi connectivity index (χ1) is 9.45. The zero-order chi connectivity index (χ0) is 15.2. The van der Waals surface area contributed by atoms with E-state index in [2.05, 4.69) is 10.6 Å². The molecule has 1 aliphatic carbocycles. The quantitative estimate of drug-likeness (QED) is 0.592. The van der Waals surface area contributed by atoms with Crippen molar-refractivity contribution < 1.29 is 14.7 Å². The highest BCUT2D eigenvalue weighted by Crippen LogP contribution is 2.25. The number of nitrogens with one attached hydrogen (secondary N) is 2. The summed E-state index contributed by atoms with van der Waals surface area (Å²) in [4.78, 5) is 23.2. The van der Waals surface area contributed by atoms with Crippen LogP contribution in [0.25, 0.3) is 0 Å². The summed E-state index contributed by atoms with van der Waals surface area (Å²) in [6.45, 7) is 3.80. The molecule has 20 heavy (non-hydrogen) atoms. The summed E-state index contributed by atoms with van der Waals surface area (Å²) in [6, 6.07) is -0.331. The molecule has 0 aromatic carbocycles. The van der Waals surface area contributed by atoms with E-state index in [0.29, 0.717) is 12.8 Å². The molecule has 0 heterocycles. The van der Waals surface area contributed by atoms with Crippen molar-refractivity contribution in [2.45, 2.75) is 64.5 Å². The molecule has 0 aliphatic heterocycles. The number of carbonyl (C=O) groups excluding carboxylic acids is 1. The summed E-state index contributed by atoms with van der Waals surface area (Å²) in [5.41, 5.74) is 5.09. The third kappa shape index (κ3) is 4.10. The number of hydrogen-bond acceptors (Lipinski definition) is 3. The van der Waals surface area contributed by atoms with Gasteiger partial charge in [-0.1, -0.05) is 26.7 Å². The Morgan fingerprint density at radius 3 is 2.35 bits per heavy atom. The minimum absolute atomic E-state index is 0.00363. The van der Waals surface area contributed by atoms with Gasteiger partial charge < -0.3 is 21.5 Å². The van der Waals surface area contributed by atoms with Crippen LogP contribution in [-0.4, -0.2) is 35.7 Å². The Hall–Kier alpha value is -1.30. The standard InChI is InChI=1S/C14H27N3O3/c1-3-14(4-2,12(18)19)9-16-13(20)17-11-8-6-5-7-10(11)15/h10-11H,3-9,15H2,1-2H3,(H,18,19)(H2,16,17,20). The van der Waals surface area contributed by atoms with Crippen molar-refractivity contribution in [2.24, 2.45) is 11.1 Å². The molecule has 1 rings (SSSR count). The second-order valence-electron chi connectivity index (χ2n) is 5.67. The Balaban J connectivity index is 2.47. The monoisotopic (exact) mass is 285 g/mol. The molecule has 0 spiro atoms. The summed E-state index contributed by atoms with van der Waals surface area (Å²) in [6.07, 6.45) is 4.97. The molecule has 1 aliphatic rings. The summed E-state index contributed by atoms with van der Waals surface area (Å²) in [5.74, 6) is -0.864. The van der Waals surface area contributed by atoms with Crippen molar-refractivity contribution in [3.8, 4) is 0 Å². The van der Waals surface area contributed by atoms with Crippen LogP contribution in [0.4, 0.5) is 4.79 Å². The highest BCUT2D eigenvalue weighted by atomic mass is 16.4. The molecule has 0 radical (unpaired) electrons. The third-order valence-electron chi connectivity index (χ3n) is 4.53. The molecule has 116 valence electrons. The second-order valence-corrected chi connectivity index (χ2v) is 5.67. The van der Waals surface area contributed by atoms with E-state index in [-0.39, 0.29) is 24.7 Å². The molecule has 0 aromatic heterocycles. The van der Waals surface area contributed by atoms with E-state index < -0.39 is 11.4 Å². The molecular weight excluding hydrogens is 258 g/mol. The Morgan fingerprint density at radius 2 is 1.85 bits per heavy atom. The molecule has 6 heteroatoms. The van der Waals surface area contributed by atoms with Gasteiger partial charge in [-0.2, -0.15) is 0 Å². The third-order valence-corrected chi connectivity index (χ3v) is 4.53. The maximum absolute atomic E-state index is 11.9. The van der Waals surface area contributed by atoms with Gasteiger partial charge in [0.15, 0.2) is 0 Å². The first kappa shape index (κ1) is 16.8. The Labute approximate surface area is 120 Å². The predicted molar refractivity (Wildman–Crippen MR) is 77.4 cm³/mol. The van der Waals surface area contributed by atoms with Crippen LogP contribution in [0.5, 0.6) is 0 Å². The van der Waals surface area contributed by atoms with E-state index >= 15 is 0 Å². The summed E-state index contributed by atoms with van der Waals surface area (Å²) < 4.78 is 0. The Kier molecular flexibility index (Phi) is 6.26. The first-order valence-corrected chi connectivity index (χ1v) is 7.48. The van der Waals surface area contributed by atoms with Crippen LogP contribution in [0.1, 0.15) is 52.4 Å². The van der Waals surface area contributed by atoms with E-state index in [1.54, 1.807) is 0 Å². The van der Waals surface area contributed by atoms with Crippen molar-refractivity contribution in [3.05, 3.63) is 0 Å². The molecule has 6 nitrogen and oxygen atoms in total. The second kappa shape index (κ2) is 7.47. The summed E-state index contributed by atoms with van der Waals surface area (Å²) >= 11 is 0. The highest BCUT2D eigenvalue weighted by molar-refractivity contribution is 5.78. The number of amides is 2. The molecule has 2 amide bonds. The molecule has 2 atom stereocenters. The minimum Gasteiger partial charge on any atom is -0.481 e. The SMILES string of the molecule is CCC(CC)(CNC(=O)NC1CCCCC1N)C(=O)O. The van der Waals surface area contributed by atoms with Crippen LogP contribution < -0.4 is 16.4 Å². The van der Waals surface area contributed by atoms with Gasteiger partial charge in [0.05, 0.1) is 5.41 Å². The van der Waals surface area contributed by atoms with Crippen molar-refractivity contribution in [2.75, 3.05) is 6.54 Å².